The van der Waals surface area contributed by atoms with Crippen molar-refractivity contribution in [3.8, 4) is 0 Å². The average Bonchev–Trinajstić information content (AvgIpc) is 2.25. The Labute approximate surface area is 113 Å². The standard InChI is InChI=1S/C17H29N/c1-7-8-13-17(5,6)18-15-11-9-14(10-12-15)16(2,3)4/h9-12,18H,7-8,13H2,1-6H3. The van der Waals surface area contributed by atoms with Gasteiger partial charge in [-0.05, 0) is 43.4 Å². The lowest BCUT2D eigenvalue weighted by atomic mass is 9.87. The summed E-state index contributed by atoms with van der Waals surface area (Å²) in [5.41, 5.74) is 3.03. The summed E-state index contributed by atoms with van der Waals surface area (Å²) >= 11 is 0. The lowest BCUT2D eigenvalue weighted by Gasteiger charge is -2.28. The van der Waals surface area contributed by atoms with E-state index in [-0.39, 0.29) is 11.0 Å². The Hall–Kier alpha value is -0.980. The van der Waals surface area contributed by atoms with Crippen molar-refractivity contribution in [3.05, 3.63) is 29.8 Å². The largest absolute Gasteiger partial charge is 0.380 e. The van der Waals surface area contributed by atoms with Gasteiger partial charge in [-0.3, -0.25) is 0 Å². The minimum Gasteiger partial charge on any atom is -0.380 e. The van der Waals surface area contributed by atoms with Gasteiger partial charge < -0.3 is 5.32 Å². The van der Waals surface area contributed by atoms with Crippen LogP contribution in [0.25, 0.3) is 0 Å². The van der Waals surface area contributed by atoms with Crippen molar-refractivity contribution < 1.29 is 0 Å². The van der Waals surface area contributed by atoms with Crippen LogP contribution in [0.5, 0.6) is 0 Å². The molecule has 0 spiro atoms. The van der Waals surface area contributed by atoms with Crippen molar-refractivity contribution in [2.24, 2.45) is 0 Å². The van der Waals surface area contributed by atoms with E-state index in [2.05, 4.69) is 71.1 Å². The molecule has 0 radical (unpaired) electrons. The SMILES string of the molecule is CCCCC(C)(C)Nc1ccc(C(C)(C)C)cc1. The third-order valence-corrected chi connectivity index (χ3v) is 3.39. The Morgan fingerprint density at radius 3 is 1.94 bits per heavy atom. The van der Waals surface area contributed by atoms with Crippen LogP contribution in [-0.4, -0.2) is 5.54 Å². The highest BCUT2D eigenvalue weighted by Gasteiger charge is 2.17. The second-order valence-corrected chi connectivity index (χ2v) is 6.94. The average molecular weight is 247 g/mol. The Morgan fingerprint density at radius 2 is 1.50 bits per heavy atom. The van der Waals surface area contributed by atoms with E-state index in [1.165, 1.54) is 30.5 Å². The molecule has 0 fully saturated rings. The maximum Gasteiger partial charge on any atom is 0.0344 e. The molecule has 0 bridgehead atoms. The fraction of sp³-hybridized carbons (Fsp3) is 0.647. The van der Waals surface area contributed by atoms with E-state index in [9.17, 15) is 0 Å². The van der Waals surface area contributed by atoms with Crippen molar-refractivity contribution in [1.82, 2.24) is 0 Å². The first-order chi connectivity index (χ1) is 8.24. The van der Waals surface area contributed by atoms with Crippen LogP contribution < -0.4 is 5.32 Å². The number of unbranched alkanes of at least 4 members (excludes halogenated alkanes) is 1. The zero-order chi connectivity index (χ0) is 13.8. The van der Waals surface area contributed by atoms with Crippen LogP contribution >= 0.6 is 0 Å². The molecule has 0 saturated heterocycles. The van der Waals surface area contributed by atoms with Gasteiger partial charge in [0.1, 0.15) is 0 Å². The molecule has 0 atom stereocenters. The summed E-state index contributed by atoms with van der Waals surface area (Å²) in [4.78, 5) is 0. The number of anilines is 1. The van der Waals surface area contributed by atoms with Crippen LogP contribution in [0.4, 0.5) is 5.69 Å². The smallest absolute Gasteiger partial charge is 0.0344 e. The van der Waals surface area contributed by atoms with Crippen LogP contribution in [0.15, 0.2) is 24.3 Å². The molecule has 0 unspecified atom stereocenters. The van der Waals surface area contributed by atoms with E-state index < -0.39 is 0 Å². The first kappa shape index (κ1) is 15.1. The van der Waals surface area contributed by atoms with Crippen LogP contribution in [0.2, 0.25) is 0 Å². The number of benzene rings is 1. The van der Waals surface area contributed by atoms with Crippen molar-refractivity contribution in [2.45, 2.75) is 71.8 Å². The minimum atomic E-state index is 0.180. The summed E-state index contributed by atoms with van der Waals surface area (Å²) in [6.07, 6.45) is 3.75. The Balaban J connectivity index is 2.69. The zero-order valence-electron chi connectivity index (χ0n) is 12.9. The third-order valence-electron chi connectivity index (χ3n) is 3.39. The minimum absolute atomic E-state index is 0.180. The van der Waals surface area contributed by atoms with Gasteiger partial charge in [-0.2, -0.15) is 0 Å². The Kier molecular flexibility index (Phi) is 4.84. The molecule has 1 aromatic rings. The molecule has 1 nitrogen and oxygen atoms in total. The van der Waals surface area contributed by atoms with Gasteiger partial charge in [-0.15, -0.1) is 0 Å². The zero-order valence-corrected chi connectivity index (χ0v) is 12.9. The Bertz CT molecular complexity index is 354. The molecule has 1 rings (SSSR count). The molecule has 0 aliphatic rings. The van der Waals surface area contributed by atoms with Crippen molar-refractivity contribution >= 4 is 5.69 Å². The first-order valence-electron chi connectivity index (χ1n) is 7.13. The maximum atomic E-state index is 3.63. The summed E-state index contributed by atoms with van der Waals surface area (Å²) in [5.74, 6) is 0. The van der Waals surface area contributed by atoms with E-state index in [4.69, 9.17) is 0 Å². The van der Waals surface area contributed by atoms with Gasteiger partial charge in [-0.25, -0.2) is 0 Å². The number of hydrogen-bond donors (Lipinski definition) is 1. The molecule has 0 aliphatic carbocycles. The molecular weight excluding hydrogens is 218 g/mol. The van der Waals surface area contributed by atoms with Crippen molar-refractivity contribution in [3.63, 3.8) is 0 Å². The van der Waals surface area contributed by atoms with E-state index in [0.717, 1.165) is 0 Å². The summed E-state index contributed by atoms with van der Waals surface area (Å²) in [6.45, 7) is 13.6. The van der Waals surface area contributed by atoms with Gasteiger partial charge in [0.2, 0.25) is 0 Å². The van der Waals surface area contributed by atoms with E-state index >= 15 is 0 Å². The van der Waals surface area contributed by atoms with Crippen LogP contribution in [0.3, 0.4) is 0 Å². The fourth-order valence-electron chi connectivity index (χ4n) is 2.13. The number of hydrogen-bond acceptors (Lipinski definition) is 1. The molecule has 0 heterocycles. The first-order valence-corrected chi connectivity index (χ1v) is 7.13. The van der Waals surface area contributed by atoms with E-state index in [0.29, 0.717) is 0 Å². The monoisotopic (exact) mass is 247 g/mol. The second-order valence-electron chi connectivity index (χ2n) is 6.94. The molecule has 1 aromatic carbocycles. The molecule has 18 heavy (non-hydrogen) atoms. The predicted octanol–water partition coefficient (Wildman–Crippen LogP) is 5.36. The van der Waals surface area contributed by atoms with Crippen molar-refractivity contribution in [1.29, 1.82) is 0 Å². The van der Waals surface area contributed by atoms with Crippen LogP contribution in [-0.2, 0) is 5.41 Å². The molecule has 102 valence electrons. The molecule has 0 aliphatic heterocycles. The molecule has 0 saturated carbocycles. The van der Waals surface area contributed by atoms with Gasteiger partial charge in [0.05, 0.1) is 0 Å². The van der Waals surface area contributed by atoms with Gasteiger partial charge in [-0.1, -0.05) is 52.7 Å². The molecule has 0 amide bonds. The number of rotatable bonds is 5. The molecular formula is C17H29N. The van der Waals surface area contributed by atoms with Crippen LogP contribution in [0.1, 0.15) is 66.4 Å². The van der Waals surface area contributed by atoms with E-state index in [1.807, 2.05) is 0 Å². The fourth-order valence-corrected chi connectivity index (χ4v) is 2.13. The van der Waals surface area contributed by atoms with E-state index in [1.54, 1.807) is 0 Å². The second kappa shape index (κ2) is 5.77. The lowest BCUT2D eigenvalue weighted by Crippen LogP contribution is -2.30. The van der Waals surface area contributed by atoms with Crippen molar-refractivity contribution in [2.75, 3.05) is 5.32 Å². The highest BCUT2D eigenvalue weighted by molar-refractivity contribution is 5.47. The van der Waals surface area contributed by atoms with Gasteiger partial charge in [0, 0.05) is 11.2 Å². The normalized spacial score (nSPS) is 12.6. The highest BCUT2D eigenvalue weighted by Crippen LogP contribution is 2.25. The quantitative estimate of drug-likeness (QED) is 0.738. The maximum absolute atomic E-state index is 3.63. The topological polar surface area (TPSA) is 12.0 Å². The number of nitrogens with one attached hydrogen (secondary N) is 1. The summed E-state index contributed by atoms with van der Waals surface area (Å²) < 4.78 is 0. The molecule has 0 aromatic heterocycles. The van der Waals surface area contributed by atoms with Gasteiger partial charge >= 0.3 is 0 Å². The summed E-state index contributed by atoms with van der Waals surface area (Å²) in [5, 5.41) is 3.63. The van der Waals surface area contributed by atoms with Gasteiger partial charge in [0.15, 0.2) is 0 Å². The van der Waals surface area contributed by atoms with Gasteiger partial charge in [0.25, 0.3) is 0 Å². The summed E-state index contributed by atoms with van der Waals surface area (Å²) in [6, 6.07) is 8.87. The van der Waals surface area contributed by atoms with Crippen LogP contribution in [0, 0.1) is 0 Å². The summed E-state index contributed by atoms with van der Waals surface area (Å²) in [7, 11) is 0. The molecule has 1 N–H and O–H groups in total. The Morgan fingerprint density at radius 1 is 0.944 bits per heavy atom. The third kappa shape index (κ3) is 4.72. The predicted molar refractivity (Wildman–Crippen MR) is 82.4 cm³/mol. The molecule has 1 heteroatoms. The highest BCUT2D eigenvalue weighted by atomic mass is 15.0. The lowest BCUT2D eigenvalue weighted by molar-refractivity contribution is 0.493.